The lowest BCUT2D eigenvalue weighted by Gasteiger charge is -2.19. The van der Waals surface area contributed by atoms with Gasteiger partial charge in [-0.1, -0.05) is 56.8 Å². The van der Waals surface area contributed by atoms with Gasteiger partial charge in [0.25, 0.3) is 0 Å². The van der Waals surface area contributed by atoms with Crippen molar-refractivity contribution in [3.8, 4) is 11.4 Å². The third-order valence-electron chi connectivity index (χ3n) is 3.53. The molecular formula is C18H25N3O2S. The first-order valence-corrected chi connectivity index (χ1v) is 8.99. The largest absolute Gasteiger partial charge is 0.462 e. The molecule has 0 N–H and O–H groups in total. The summed E-state index contributed by atoms with van der Waals surface area (Å²) in [7, 11) is 1.91. The molecule has 5 nitrogen and oxygen atoms in total. The number of esters is 1. The lowest BCUT2D eigenvalue weighted by Crippen LogP contribution is -2.13. The minimum absolute atomic E-state index is 0.102. The number of thioether (sulfide) groups is 1. The smallest absolute Gasteiger partial charge is 0.316 e. The molecule has 0 saturated heterocycles. The number of carbonyl (C=O) groups is 1. The van der Waals surface area contributed by atoms with Crippen LogP contribution in [0.1, 0.15) is 40.2 Å². The Labute approximate surface area is 147 Å². The van der Waals surface area contributed by atoms with Gasteiger partial charge in [-0.2, -0.15) is 0 Å². The molecule has 0 spiro atoms. The Morgan fingerprint density at radius 1 is 1.21 bits per heavy atom. The van der Waals surface area contributed by atoms with Crippen LogP contribution in [0.3, 0.4) is 0 Å². The van der Waals surface area contributed by atoms with Crippen molar-refractivity contribution in [2.45, 2.75) is 51.3 Å². The number of nitrogens with zero attached hydrogens (tertiary/aromatic N) is 3. The number of aromatic nitrogens is 3. The quantitative estimate of drug-likeness (QED) is 0.608. The van der Waals surface area contributed by atoms with E-state index in [0.717, 1.165) is 11.4 Å². The van der Waals surface area contributed by atoms with E-state index in [-0.39, 0.29) is 23.2 Å². The molecule has 0 unspecified atom stereocenters. The second kappa shape index (κ2) is 7.38. The Morgan fingerprint density at radius 3 is 2.38 bits per heavy atom. The molecule has 0 atom stereocenters. The zero-order chi connectivity index (χ0) is 17.9. The molecule has 0 radical (unpaired) electrons. The SMILES string of the molecule is CC(C)OC(=O)CSc1nnc(-c2ccc(C(C)(C)C)cc2)n1C. The van der Waals surface area contributed by atoms with Crippen molar-refractivity contribution in [1.82, 2.24) is 14.8 Å². The van der Waals surface area contributed by atoms with Crippen molar-refractivity contribution in [2.24, 2.45) is 7.05 Å². The van der Waals surface area contributed by atoms with Crippen molar-refractivity contribution in [2.75, 3.05) is 5.75 Å². The van der Waals surface area contributed by atoms with Crippen LogP contribution >= 0.6 is 11.8 Å². The molecule has 130 valence electrons. The molecule has 0 bridgehead atoms. The molecule has 0 saturated carbocycles. The monoisotopic (exact) mass is 347 g/mol. The van der Waals surface area contributed by atoms with Crippen LogP contribution in [-0.2, 0) is 22.0 Å². The summed E-state index contributed by atoms with van der Waals surface area (Å²) in [5.41, 5.74) is 2.41. The second-order valence-electron chi connectivity index (χ2n) is 7.02. The molecule has 0 aliphatic heterocycles. The fourth-order valence-corrected chi connectivity index (χ4v) is 2.93. The third-order valence-corrected chi connectivity index (χ3v) is 4.52. The first kappa shape index (κ1) is 18.5. The zero-order valence-corrected chi connectivity index (χ0v) is 16.0. The molecule has 0 aliphatic carbocycles. The van der Waals surface area contributed by atoms with Crippen LogP contribution in [0.5, 0.6) is 0 Å². The van der Waals surface area contributed by atoms with E-state index in [9.17, 15) is 4.79 Å². The van der Waals surface area contributed by atoms with E-state index in [0.29, 0.717) is 5.16 Å². The highest BCUT2D eigenvalue weighted by atomic mass is 32.2. The van der Waals surface area contributed by atoms with Gasteiger partial charge in [-0.25, -0.2) is 0 Å². The topological polar surface area (TPSA) is 57.0 Å². The number of rotatable bonds is 5. The van der Waals surface area contributed by atoms with E-state index in [4.69, 9.17) is 4.74 Å². The average Bonchev–Trinajstić information content (AvgIpc) is 2.85. The summed E-state index contributed by atoms with van der Waals surface area (Å²) in [5.74, 6) is 0.775. The van der Waals surface area contributed by atoms with Gasteiger partial charge in [0, 0.05) is 12.6 Å². The molecule has 0 aliphatic rings. The fourth-order valence-electron chi connectivity index (χ4n) is 2.23. The van der Waals surface area contributed by atoms with E-state index >= 15 is 0 Å². The Kier molecular flexibility index (Phi) is 5.70. The summed E-state index contributed by atoms with van der Waals surface area (Å²) in [4.78, 5) is 11.6. The highest BCUT2D eigenvalue weighted by Crippen LogP contribution is 2.27. The first-order chi connectivity index (χ1) is 11.2. The lowest BCUT2D eigenvalue weighted by molar-refractivity contribution is -0.144. The Morgan fingerprint density at radius 2 is 1.83 bits per heavy atom. The van der Waals surface area contributed by atoms with Crippen molar-refractivity contribution >= 4 is 17.7 Å². The number of carbonyl (C=O) groups excluding carboxylic acids is 1. The summed E-state index contributed by atoms with van der Waals surface area (Å²) < 4.78 is 7.03. The molecule has 24 heavy (non-hydrogen) atoms. The van der Waals surface area contributed by atoms with Crippen LogP contribution in [0.25, 0.3) is 11.4 Å². The summed E-state index contributed by atoms with van der Waals surface area (Å²) in [6.45, 7) is 10.2. The van der Waals surface area contributed by atoms with Gasteiger partial charge >= 0.3 is 5.97 Å². The fraction of sp³-hybridized carbons (Fsp3) is 0.500. The molecule has 2 aromatic rings. The minimum Gasteiger partial charge on any atom is -0.462 e. The number of benzene rings is 1. The Balaban J connectivity index is 2.11. The molecule has 2 rings (SSSR count). The van der Waals surface area contributed by atoms with Crippen LogP contribution in [-0.4, -0.2) is 32.6 Å². The van der Waals surface area contributed by atoms with Crippen LogP contribution in [0.4, 0.5) is 0 Å². The summed E-state index contributed by atoms with van der Waals surface area (Å²) in [6.07, 6.45) is -0.102. The first-order valence-electron chi connectivity index (χ1n) is 8.01. The maximum Gasteiger partial charge on any atom is 0.316 e. The highest BCUT2D eigenvalue weighted by Gasteiger charge is 2.16. The van der Waals surface area contributed by atoms with Gasteiger partial charge in [-0.05, 0) is 24.8 Å². The maximum absolute atomic E-state index is 11.6. The van der Waals surface area contributed by atoms with Gasteiger partial charge in [0.05, 0.1) is 11.9 Å². The van der Waals surface area contributed by atoms with Crippen LogP contribution in [0.15, 0.2) is 29.4 Å². The van der Waals surface area contributed by atoms with Crippen molar-refractivity contribution in [3.63, 3.8) is 0 Å². The van der Waals surface area contributed by atoms with Crippen LogP contribution in [0, 0.1) is 0 Å². The van der Waals surface area contributed by atoms with Gasteiger partial charge in [-0.15, -0.1) is 10.2 Å². The predicted octanol–water partition coefficient (Wildman–Crippen LogP) is 3.82. The summed E-state index contributed by atoms with van der Waals surface area (Å²) in [6, 6.07) is 8.37. The predicted molar refractivity (Wildman–Crippen MR) is 97.1 cm³/mol. The Hall–Kier alpha value is -1.82. The number of hydrogen-bond donors (Lipinski definition) is 0. The van der Waals surface area contributed by atoms with Crippen LogP contribution in [0.2, 0.25) is 0 Å². The summed E-state index contributed by atoms with van der Waals surface area (Å²) in [5, 5.41) is 9.14. The van der Waals surface area contributed by atoms with Gasteiger partial charge in [0.2, 0.25) is 0 Å². The van der Waals surface area contributed by atoms with E-state index in [1.807, 2.05) is 25.5 Å². The average molecular weight is 347 g/mol. The molecule has 1 aromatic heterocycles. The second-order valence-corrected chi connectivity index (χ2v) is 7.96. The highest BCUT2D eigenvalue weighted by molar-refractivity contribution is 7.99. The normalized spacial score (nSPS) is 11.8. The lowest BCUT2D eigenvalue weighted by atomic mass is 9.87. The van der Waals surface area contributed by atoms with Crippen molar-refractivity contribution < 1.29 is 9.53 Å². The number of hydrogen-bond acceptors (Lipinski definition) is 5. The number of ether oxygens (including phenoxy) is 1. The third kappa shape index (κ3) is 4.60. The van der Waals surface area contributed by atoms with Crippen molar-refractivity contribution in [1.29, 1.82) is 0 Å². The minimum atomic E-state index is -0.242. The maximum atomic E-state index is 11.6. The van der Waals surface area contributed by atoms with Gasteiger partial charge in [-0.3, -0.25) is 4.79 Å². The molecule has 0 fully saturated rings. The van der Waals surface area contributed by atoms with E-state index in [2.05, 4.69) is 55.2 Å². The van der Waals surface area contributed by atoms with Crippen molar-refractivity contribution in [3.05, 3.63) is 29.8 Å². The molecular weight excluding hydrogens is 322 g/mol. The van der Waals surface area contributed by atoms with E-state index < -0.39 is 0 Å². The standard InChI is InChI=1S/C18H25N3O2S/c1-12(2)23-15(22)11-24-17-20-19-16(21(17)6)13-7-9-14(10-8-13)18(3,4)5/h7-10,12H,11H2,1-6H3. The van der Waals surface area contributed by atoms with Gasteiger partial charge in [0.15, 0.2) is 11.0 Å². The molecule has 1 aromatic carbocycles. The Bertz CT molecular complexity index is 700. The van der Waals surface area contributed by atoms with E-state index in [1.165, 1.54) is 17.3 Å². The van der Waals surface area contributed by atoms with Gasteiger partial charge in [0.1, 0.15) is 0 Å². The molecule has 1 heterocycles. The van der Waals surface area contributed by atoms with Crippen LogP contribution < -0.4 is 0 Å². The molecule has 0 amide bonds. The molecule has 6 heteroatoms. The van der Waals surface area contributed by atoms with Gasteiger partial charge < -0.3 is 9.30 Å². The zero-order valence-electron chi connectivity index (χ0n) is 15.2. The van der Waals surface area contributed by atoms with E-state index in [1.54, 1.807) is 0 Å². The summed E-state index contributed by atoms with van der Waals surface area (Å²) >= 11 is 1.33.